The zero-order chi connectivity index (χ0) is 27.2. The number of piperidine rings is 3. The molecular weight excluding hydrogens is 549 g/mol. The lowest BCUT2D eigenvalue weighted by molar-refractivity contribution is -0.946. The molecule has 3 N–H and O–H groups in total. The fourth-order valence-electron chi connectivity index (χ4n) is 5.29. The molecule has 2 aromatic heterocycles. The lowest BCUT2D eigenvalue weighted by Crippen LogP contribution is -2.65. The van der Waals surface area contributed by atoms with Crippen LogP contribution in [0.1, 0.15) is 29.0 Å². The second kappa shape index (κ2) is 12.4. The topological polar surface area (TPSA) is 136 Å². The van der Waals surface area contributed by atoms with Crippen LogP contribution in [0.2, 0.25) is 0 Å². The molecule has 0 saturated carbocycles. The maximum atomic E-state index is 13.4. The molecule has 0 aliphatic carbocycles. The summed E-state index contributed by atoms with van der Waals surface area (Å²) in [5.74, 6) is 0.741. The van der Waals surface area contributed by atoms with Gasteiger partial charge in [-0.2, -0.15) is 0 Å². The first kappa shape index (κ1) is 28.9. The van der Waals surface area contributed by atoms with E-state index in [0.29, 0.717) is 22.3 Å². The second-order valence-electron chi connectivity index (χ2n) is 9.65. The van der Waals surface area contributed by atoms with Crippen LogP contribution in [-0.4, -0.2) is 64.2 Å². The number of rotatable bonds is 9. The summed E-state index contributed by atoms with van der Waals surface area (Å²) in [5.41, 5.74) is -1.73. The first-order valence-electron chi connectivity index (χ1n) is 12.4. The van der Waals surface area contributed by atoms with Crippen LogP contribution >= 0.6 is 30.5 Å². The molecule has 3 fully saturated rings. The molecule has 5 heterocycles. The van der Waals surface area contributed by atoms with Crippen molar-refractivity contribution in [2.45, 2.75) is 31.0 Å². The maximum Gasteiger partial charge on any atom is 0.349 e. The van der Waals surface area contributed by atoms with Crippen LogP contribution in [-0.2, 0) is 19.7 Å². The Balaban J connectivity index is 0.000000617. The van der Waals surface area contributed by atoms with Crippen molar-refractivity contribution in [2.24, 2.45) is 5.92 Å². The zero-order valence-electron chi connectivity index (χ0n) is 20.8. The van der Waals surface area contributed by atoms with Crippen LogP contribution in [0.15, 0.2) is 65.4 Å². The number of carbonyl (C=O) groups excluding carboxylic acids is 1. The van der Waals surface area contributed by atoms with Crippen LogP contribution in [0, 0.1) is 5.92 Å². The lowest BCUT2D eigenvalue weighted by Gasteiger charge is -2.52. The van der Waals surface area contributed by atoms with E-state index in [2.05, 4.69) is 0 Å². The average molecular weight is 582 g/mol. The van der Waals surface area contributed by atoms with Gasteiger partial charge < -0.3 is 33.7 Å². The molecule has 1 unspecified atom stereocenters. The Hall–Kier alpha value is -2.08. The minimum absolute atomic E-state index is 0.151. The molecule has 3 aliphatic rings. The molecule has 3 saturated heterocycles. The van der Waals surface area contributed by atoms with Crippen molar-refractivity contribution in [3.63, 3.8) is 0 Å². The third-order valence-electron chi connectivity index (χ3n) is 7.14. The van der Waals surface area contributed by atoms with Crippen molar-refractivity contribution < 1.29 is 43.1 Å². The monoisotopic (exact) mass is 581 g/mol. The number of esters is 1. The summed E-state index contributed by atoms with van der Waals surface area (Å²) in [6.07, 6.45) is 2.94. The van der Waals surface area contributed by atoms with Crippen molar-refractivity contribution in [3.8, 4) is 5.75 Å². The number of quaternary nitrogens is 1. The van der Waals surface area contributed by atoms with Gasteiger partial charge in [-0.05, 0) is 35.0 Å². The zero-order valence-corrected chi connectivity index (χ0v) is 23.3. The number of phosphoric acid groups is 1. The molecule has 2 bridgehead atoms. The number of hydrogen-bond acceptors (Lipinski definition) is 8. The Morgan fingerprint density at radius 1 is 1.03 bits per heavy atom. The minimum Gasteiger partial charge on any atom is -0.756 e. The molecule has 206 valence electrons. The van der Waals surface area contributed by atoms with E-state index in [4.69, 9.17) is 28.7 Å². The fourth-order valence-corrected chi connectivity index (χ4v) is 7.00. The number of para-hydroxylation sites is 1. The Kier molecular flexibility index (Phi) is 9.44. The fraction of sp³-hybridized carbons (Fsp3) is 0.423. The number of benzene rings is 1. The first-order chi connectivity index (χ1) is 18.1. The number of nitrogens with zero attached hydrogens (tertiary/aromatic N) is 1. The predicted molar refractivity (Wildman–Crippen MR) is 143 cm³/mol. The molecule has 3 aliphatic heterocycles. The molecule has 0 spiro atoms. The highest BCUT2D eigenvalue weighted by Gasteiger charge is 2.51. The SMILES string of the molecule is O=C(OC1C[N+]2(CCCOc3ccccc3)CCC1CC2)C(O)(c1cccs1)c1cccs1.O=P([O-])(O)O. The van der Waals surface area contributed by atoms with Crippen LogP contribution < -0.4 is 9.63 Å². The van der Waals surface area contributed by atoms with Gasteiger partial charge in [-0.1, -0.05) is 30.3 Å². The molecule has 12 heteroatoms. The molecule has 3 aromatic rings. The quantitative estimate of drug-likeness (QED) is 0.152. The van der Waals surface area contributed by atoms with E-state index in [1.165, 1.54) is 22.7 Å². The lowest BCUT2D eigenvalue weighted by atomic mass is 9.83. The molecule has 9 nitrogen and oxygen atoms in total. The van der Waals surface area contributed by atoms with Gasteiger partial charge in [0.25, 0.3) is 7.82 Å². The summed E-state index contributed by atoms with van der Waals surface area (Å²) >= 11 is 2.77. The molecule has 1 atom stereocenters. The molecule has 6 rings (SSSR count). The van der Waals surface area contributed by atoms with Crippen LogP contribution in [0.5, 0.6) is 5.75 Å². The van der Waals surface area contributed by atoms with Crippen molar-refractivity contribution in [2.75, 3.05) is 32.8 Å². The largest absolute Gasteiger partial charge is 0.756 e. The molecule has 0 amide bonds. The smallest absolute Gasteiger partial charge is 0.349 e. The Morgan fingerprint density at radius 3 is 2.13 bits per heavy atom. The summed E-state index contributed by atoms with van der Waals surface area (Å²) in [5, 5.41) is 15.3. The van der Waals surface area contributed by atoms with Gasteiger partial charge in [0.1, 0.15) is 12.3 Å². The van der Waals surface area contributed by atoms with E-state index in [9.17, 15) is 9.90 Å². The average Bonchev–Trinajstić information content (AvgIpc) is 3.62. The number of carbonyl (C=O) groups is 1. The normalized spacial score (nSPS) is 22.8. The molecule has 0 radical (unpaired) electrons. The highest BCUT2D eigenvalue weighted by Crippen LogP contribution is 2.40. The number of thiophene rings is 2. The highest BCUT2D eigenvalue weighted by molar-refractivity contribution is 7.43. The van der Waals surface area contributed by atoms with Crippen molar-refractivity contribution in [3.05, 3.63) is 75.1 Å². The van der Waals surface area contributed by atoms with E-state index >= 15 is 0 Å². The van der Waals surface area contributed by atoms with E-state index in [0.717, 1.165) is 55.7 Å². The van der Waals surface area contributed by atoms with Crippen LogP contribution in [0.3, 0.4) is 0 Å². The van der Waals surface area contributed by atoms with Crippen molar-refractivity contribution >= 4 is 36.5 Å². The number of hydrogen-bond donors (Lipinski definition) is 3. The Bertz CT molecular complexity index is 1150. The van der Waals surface area contributed by atoms with Gasteiger partial charge in [0.15, 0.2) is 6.10 Å². The standard InChI is InChI=1S/C26H30NO4S2.H3O4P/c28-25(26(29,23-9-4-17-32-23)24-10-5-18-33-24)31-22-19-27(14-11-20(22)12-15-27)13-6-16-30-21-7-2-1-3-8-21;1-5(2,3)4/h1-5,7-10,17-18,20,22,29H,6,11-16,19H2;(H3,1,2,3,4)/q+1;/p-1. The van der Waals surface area contributed by atoms with Gasteiger partial charge in [0.05, 0.1) is 36.0 Å². The third-order valence-corrected chi connectivity index (χ3v) is 9.10. The van der Waals surface area contributed by atoms with E-state index in [-0.39, 0.29) is 6.10 Å². The van der Waals surface area contributed by atoms with Gasteiger partial charge in [0.2, 0.25) is 5.60 Å². The van der Waals surface area contributed by atoms with Gasteiger partial charge in [0, 0.05) is 25.2 Å². The van der Waals surface area contributed by atoms with Gasteiger partial charge >= 0.3 is 5.97 Å². The van der Waals surface area contributed by atoms with Gasteiger partial charge in [-0.3, -0.25) is 4.57 Å². The number of fused-ring (bicyclic) bond motifs is 3. The van der Waals surface area contributed by atoms with E-state index in [1.54, 1.807) is 0 Å². The predicted octanol–water partition coefficient (Wildman–Crippen LogP) is 3.11. The van der Waals surface area contributed by atoms with Crippen molar-refractivity contribution in [1.82, 2.24) is 0 Å². The highest BCUT2D eigenvalue weighted by atomic mass is 32.1. The van der Waals surface area contributed by atoms with Gasteiger partial charge in [-0.15, -0.1) is 22.7 Å². The van der Waals surface area contributed by atoms with Crippen LogP contribution in [0.4, 0.5) is 0 Å². The summed E-state index contributed by atoms with van der Waals surface area (Å²) in [6.45, 7) is 4.79. The molecule has 1 aromatic carbocycles. The summed E-state index contributed by atoms with van der Waals surface area (Å²) in [7, 11) is -4.89. The first-order valence-corrected chi connectivity index (χ1v) is 15.7. The molecule has 38 heavy (non-hydrogen) atoms. The van der Waals surface area contributed by atoms with E-state index in [1.807, 2.05) is 65.4 Å². The number of aliphatic hydroxyl groups is 1. The van der Waals surface area contributed by atoms with Gasteiger partial charge in [-0.25, -0.2) is 4.79 Å². The molecular formula is C26H32NO8PS2. The van der Waals surface area contributed by atoms with E-state index < -0.39 is 19.4 Å². The van der Waals surface area contributed by atoms with Crippen molar-refractivity contribution in [1.29, 1.82) is 0 Å². The third kappa shape index (κ3) is 7.31. The maximum absolute atomic E-state index is 13.4. The summed E-state index contributed by atoms with van der Waals surface area (Å²) < 4.78 is 21.8. The Labute approximate surface area is 229 Å². The second-order valence-corrected chi connectivity index (χ2v) is 12.5. The summed E-state index contributed by atoms with van der Waals surface area (Å²) in [6, 6.07) is 17.3. The van der Waals surface area contributed by atoms with Crippen LogP contribution in [0.25, 0.3) is 0 Å². The minimum atomic E-state index is -4.89. The summed E-state index contributed by atoms with van der Waals surface area (Å²) in [4.78, 5) is 37.6. The Morgan fingerprint density at radius 2 is 1.61 bits per heavy atom. The number of ether oxygens (including phenoxy) is 2.